The third-order valence-corrected chi connectivity index (χ3v) is 1.39. The Hall–Kier alpha value is -1.29. The lowest BCUT2D eigenvalue weighted by Gasteiger charge is -1.91. The molecule has 0 aliphatic carbocycles. The fourth-order valence-corrected chi connectivity index (χ4v) is 0.600. The second-order valence-electron chi connectivity index (χ2n) is 2.26. The van der Waals surface area contributed by atoms with E-state index in [4.69, 9.17) is 5.26 Å². The molecule has 0 aromatic heterocycles. The molecule has 0 atom stereocenters. The van der Waals surface area contributed by atoms with Crippen LogP contribution in [-0.4, -0.2) is 0 Å². The molecular weight excluding hydrogens is 134 g/mol. The van der Waals surface area contributed by atoms with Crippen molar-refractivity contribution in [1.82, 2.24) is 0 Å². The molecule has 1 nitrogen and oxygen atoms in total. The van der Waals surface area contributed by atoms with Crippen molar-refractivity contribution >= 4 is 0 Å². The number of hydrogen-bond donors (Lipinski definition) is 0. The van der Waals surface area contributed by atoms with Crippen LogP contribution < -0.4 is 0 Å². The van der Waals surface area contributed by atoms with Crippen LogP contribution in [0, 0.1) is 11.3 Å². The van der Waals surface area contributed by atoms with Gasteiger partial charge in [-0.2, -0.15) is 5.26 Å². The first-order valence-corrected chi connectivity index (χ1v) is 3.64. The summed E-state index contributed by atoms with van der Waals surface area (Å²) in [6.07, 6.45) is 6.49. The Morgan fingerprint density at radius 2 is 2.18 bits per heavy atom. The van der Waals surface area contributed by atoms with Crippen LogP contribution in [0.2, 0.25) is 0 Å². The summed E-state index contributed by atoms with van der Waals surface area (Å²) in [7, 11) is 0. The van der Waals surface area contributed by atoms with Gasteiger partial charge in [-0.05, 0) is 25.0 Å². The zero-order valence-corrected chi connectivity index (χ0v) is 7.09. The molecule has 0 aromatic rings. The molecule has 0 radical (unpaired) electrons. The normalized spacial score (nSPS) is 12.5. The number of allylic oxidation sites excluding steroid dienone is 5. The van der Waals surface area contributed by atoms with Gasteiger partial charge in [0.25, 0.3) is 0 Å². The van der Waals surface area contributed by atoms with Crippen molar-refractivity contribution in [3.8, 4) is 6.07 Å². The first-order chi connectivity index (χ1) is 5.24. The minimum atomic E-state index is 0.720. The maximum Gasteiger partial charge on any atom is 0.0944 e. The monoisotopic (exact) mass is 147 g/mol. The smallest absolute Gasteiger partial charge is 0.0944 e. The molecule has 0 amide bonds. The van der Waals surface area contributed by atoms with Gasteiger partial charge in [0, 0.05) is 5.57 Å². The van der Waals surface area contributed by atoms with Gasteiger partial charge < -0.3 is 0 Å². The van der Waals surface area contributed by atoms with Crippen molar-refractivity contribution in [2.45, 2.75) is 20.3 Å². The summed E-state index contributed by atoms with van der Waals surface area (Å²) in [4.78, 5) is 0. The Morgan fingerprint density at radius 3 is 2.55 bits per heavy atom. The Balaban J connectivity index is 4.32. The average Bonchev–Trinajstić information content (AvgIpc) is 2.06. The molecule has 0 fully saturated rings. The second-order valence-corrected chi connectivity index (χ2v) is 2.26. The molecule has 58 valence electrons. The van der Waals surface area contributed by atoms with E-state index < -0.39 is 0 Å². The molecule has 0 aliphatic heterocycles. The van der Waals surface area contributed by atoms with Crippen LogP contribution in [0.3, 0.4) is 0 Å². The minimum Gasteiger partial charge on any atom is -0.193 e. The minimum absolute atomic E-state index is 0.720. The lowest BCUT2D eigenvalue weighted by atomic mass is 10.1. The maximum absolute atomic E-state index is 8.42. The van der Waals surface area contributed by atoms with E-state index in [-0.39, 0.29) is 0 Å². The molecule has 1 heteroatoms. The Labute approximate surface area is 68.3 Å². The van der Waals surface area contributed by atoms with Gasteiger partial charge in [0.2, 0.25) is 0 Å². The van der Waals surface area contributed by atoms with Gasteiger partial charge in [0.05, 0.1) is 6.07 Å². The van der Waals surface area contributed by atoms with Crippen LogP contribution in [0.5, 0.6) is 0 Å². The number of nitriles is 1. The molecular formula is C10H13N. The van der Waals surface area contributed by atoms with Gasteiger partial charge in [0.15, 0.2) is 0 Å². The van der Waals surface area contributed by atoms with E-state index in [2.05, 4.69) is 19.6 Å². The van der Waals surface area contributed by atoms with Gasteiger partial charge in [-0.1, -0.05) is 25.7 Å². The Bertz CT molecular complexity index is 226. The lowest BCUT2D eigenvalue weighted by molar-refractivity contribution is 1.15. The van der Waals surface area contributed by atoms with E-state index in [9.17, 15) is 0 Å². The van der Waals surface area contributed by atoms with Crippen molar-refractivity contribution < 1.29 is 0 Å². The maximum atomic E-state index is 8.42. The lowest BCUT2D eigenvalue weighted by Crippen LogP contribution is -1.72. The summed E-state index contributed by atoms with van der Waals surface area (Å²) in [5.41, 5.74) is 1.87. The highest BCUT2D eigenvalue weighted by atomic mass is 14.2. The first-order valence-electron chi connectivity index (χ1n) is 3.64. The van der Waals surface area contributed by atoms with E-state index in [0.717, 1.165) is 17.6 Å². The Morgan fingerprint density at radius 1 is 1.55 bits per heavy atom. The van der Waals surface area contributed by atoms with Crippen molar-refractivity contribution in [1.29, 1.82) is 5.26 Å². The molecule has 0 unspecified atom stereocenters. The molecule has 11 heavy (non-hydrogen) atoms. The van der Waals surface area contributed by atoms with E-state index in [1.54, 1.807) is 19.1 Å². The van der Waals surface area contributed by atoms with Crippen molar-refractivity contribution in [2.75, 3.05) is 0 Å². The summed E-state index contributed by atoms with van der Waals surface area (Å²) >= 11 is 0. The van der Waals surface area contributed by atoms with Gasteiger partial charge in [0.1, 0.15) is 0 Å². The van der Waals surface area contributed by atoms with Gasteiger partial charge in [-0.15, -0.1) is 0 Å². The van der Waals surface area contributed by atoms with Crippen LogP contribution >= 0.6 is 0 Å². The topological polar surface area (TPSA) is 23.8 Å². The van der Waals surface area contributed by atoms with Crippen LogP contribution in [0.25, 0.3) is 0 Å². The van der Waals surface area contributed by atoms with Gasteiger partial charge >= 0.3 is 0 Å². The summed E-state index contributed by atoms with van der Waals surface area (Å²) in [6, 6.07) is 2.05. The molecule has 0 saturated heterocycles. The van der Waals surface area contributed by atoms with Crippen molar-refractivity contribution in [3.05, 3.63) is 36.0 Å². The third kappa shape index (κ3) is 4.16. The summed E-state index contributed by atoms with van der Waals surface area (Å²) in [5.74, 6) is 0. The van der Waals surface area contributed by atoms with Crippen molar-refractivity contribution in [2.24, 2.45) is 0 Å². The molecule has 0 aliphatic rings. The molecule has 0 rings (SSSR count). The first kappa shape index (κ1) is 9.71. The van der Waals surface area contributed by atoms with Gasteiger partial charge in [-0.3, -0.25) is 0 Å². The molecule has 0 aromatic carbocycles. The van der Waals surface area contributed by atoms with Crippen molar-refractivity contribution in [3.63, 3.8) is 0 Å². The fourth-order valence-electron chi connectivity index (χ4n) is 0.600. The van der Waals surface area contributed by atoms with Crippen LogP contribution in [0.1, 0.15) is 20.3 Å². The zero-order valence-electron chi connectivity index (χ0n) is 7.09. The predicted octanol–water partition coefficient (Wildman–Crippen LogP) is 2.98. The van der Waals surface area contributed by atoms with E-state index in [0.29, 0.717) is 0 Å². The molecule has 0 bridgehead atoms. The fraction of sp³-hybridized carbons (Fsp3) is 0.300. The van der Waals surface area contributed by atoms with Crippen LogP contribution in [0.15, 0.2) is 36.0 Å². The third-order valence-electron chi connectivity index (χ3n) is 1.39. The zero-order chi connectivity index (χ0) is 8.69. The summed E-state index contributed by atoms with van der Waals surface area (Å²) in [5, 5.41) is 8.42. The highest BCUT2D eigenvalue weighted by Crippen LogP contribution is 2.02. The summed E-state index contributed by atoms with van der Waals surface area (Å²) in [6.45, 7) is 7.50. The van der Waals surface area contributed by atoms with E-state index in [1.807, 2.05) is 6.08 Å². The van der Waals surface area contributed by atoms with Crippen LogP contribution in [0.4, 0.5) is 0 Å². The Kier molecular flexibility index (Phi) is 4.85. The SMILES string of the molecule is C=C/C(=C\C=C(/C)C#N)CC. The quantitative estimate of drug-likeness (QED) is 0.444. The highest BCUT2D eigenvalue weighted by Gasteiger charge is 1.84. The molecule has 0 N–H and O–H groups in total. The molecule has 0 heterocycles. The molecule has 0 saturated carbocycles. The van der Waals surface area contributed by atoms with Gasteiger partial charge in [-0.25, -0.2) is 0 Å². The second kappa shape index (κ2) is 5.49. The van der Waals surface area contributed by atoms with Crippen LogP contribution in [-0.2, 0) is 0 Å². The molecule has 0 spiro atoms. The number of rotatable bonds is 3. The number of nitrogens with zero attached hydrogens (tertiary/aromatic N) is 1. The predicted molar refractivity (Wildman–Crippen MR) is 47.9 cm³/mol. The average molecular weight is 147 g/mol. The standard InChI is InChI=1S/C10H13N/c1-4-10(5-2)7-6-9(3)8-11/h4,6-7H,1,5H2,2-3H3/b9-6+,10-7+. The largest absolute Gasteiger partial charge is 0.193 e. The van der Waals surface area contributed by atoms with E-state index in [1.165, 1.54) is 0 Å². The van der Waals surface area contributed by atoms with E-state index >= 15 is 0 Å². The highest BCUT2D eigenvalue weighted by molar-refractivity contribution is 5.28. The number of hydrogen-bond acceptors (Lipinski definition) is 1. The summed E-state index contributed by atoms with van der Waals surface area (Å²) < 4.78 is 0.